The monoisotopic (exact) mass is 367 g/mol. The number of carbonyl (C=O) groups excluding carboxylic acids is 1. The number of nitrogens with one attached hydrogen (secondary N) is 1. The summed E-state index contributed by atoms with van der Waals surface area (Å²) in [5.74, 6) is 2.31. The second kappa shape index (κ2) is 8.62. The zero-order valence-electron chi connectivity index (χ0n) is 15.9. The second-order valence-corrected chi connectivity index (χ2v) is 6.74. The zero-order chi connectivity index (χ0) is 19.2. The molecule has 142 valence electrons. The molecule has 5 nitrogen and oxygen atoms in total. The van der Waals surface area contributed by atoms with Crippen LogP contribution in [0.2, 0.25) is 0 Å². The molecule has 1 amide bonds. The van der Waals surface area contributed by atoms with Crippen LogP contribution in [-0.4, -0.2) is 26.2 Å². The summed E-state index contributed by atoms with van der Waals surface area (Å²) in [7, 11) is 1.62. The van der Waals surface area contributed by atoms with Crippen molar-refractivity contribution in [2.45, 2.75) is 19.9 Å². The van der Waals surface area contributed by atoms with E-state index in [0.717, 1.165) is 28.4 Å². The third-order valence-electron chi connectivity index (χ3n) is 4.41. The quantitative estimate of drug-likeness (QED) is 0.785. The molecule has 5 heteroatoms. The van der Waals surface area contributed by atoms with Gasteiger partial charge in [0.1, 0.15) is 19.0 Å². The first-order valence-corrected chi connectivity index (χ1v) is 9.09. The molecule has 0 radical (unpaired) electrons. The second-order valence-electron chi connectivity index (χ2n) is 6.74. The van der Waals surface area contributed by atoms with Crippen molar-refractivity contribution in [3.63, 3.8) is 0 Å². The van der Waals surface area contributed by atoms with Crippen molar-refractivity contribution in [1.82, 2.24) is 5.32 Å². The maximum absolute atomic E-state index is 12.5. The molecule has 1 aliphatic heterocycles. The molecule has 1 atom stereocenters. The van der Waals surface area contributed by atoms with Crippen molar-refractivity contribution in [3.8, 4) is 17.2 Å². The average Bonchev–Trinajstić information content (AvgIpc) is 2.70. The van der Waals surface area contributed by atoms with Crippen LogP contribution in [-0.2, 0) is 4.79 Å². The Hall–Kier alpha value is -2.95. The summed E-state index contributed by atoms with van der Waals surface area (Å²) in [4.78, 5) is 12.5. The lowest BCUT2D eigenvalue weighted by Crippen LogP contribution is -2.30. The van der Waals surface area contributed by atoms with Crippen LogP contribution in [0.5, 0.6) is 17.2 Å². The maximum atomic E-state index is 12.5. The molecule has 2 aromatic rings. The van der Waals surface area contributed by atoms with E-state index < -0.39 is 0 Å². The number of ether oxygens (including phenoxy) is 3. The van der Waals surface area contributed by atoms with E-state index in [1.165, 1.54) is 0 Å². The van der Waals surface area contributed by atoms with Crippen LogP contribution in [0.4, 0.5) is 0 Å². The highest BCUT2D eigenvalue weighted by atomic mass is 16.6. The predicted octanol–water partition coefficient (Wildman–Crippen LogP) is 3.99. The summed E-state index contributed by atoms with van der Waals surface area (Å²) in [6, 6.07) is 13.3. The fourth-order valence-corrected chi connectivity index (χ4v) is 3.01. The lowest BCUT2D eigenvalue weighted by molar-refractivity contribution is -0.117. The fourth-order valence-electron chi connectivity index (χ4n) is 3.01. The summed E-state index contributed by atoms with van der Waals surface area (Å²) >= 11 is 0. The SMILES string of the molecule is COc1cccc(/C=C/C(=O)N[C@@H](c2ccc3c(c2)OCCO3)C(C)C)c1. The smallest absolute Gasteiger partial charge is 0.244 e. The summed E-state index contributed by atoms with van der Waals surface area (Å²) in [6.07, 6.45) is 3.32. The molecule has 0 aromatic heterocycles. The first kappa shape index (κ1) is 18.8. The van der Waals surface area contributed by atoms with Gasteiger partial charge in [0.2, 0.25) is 5.91 Å². The van der Waals surface area contributed by atoms with E-state index in [-0.39, 0.29) is 17.9 Å². The minimum absolute atomic E-state index is 0.122. The van der Waals surface area contributed by atoms with Gasteiger partial charge >= 0.3 is 0 Å². The number of hydrogen-bond donors (Lipinski definition) is 1. The maximum Gasteiger partial charge on any atom is 0.244 e. The molecule has 0 bridgehead atoms. The highest BCUT2D eigenvalue weighted by Gasteiger charge is 2.20. The molecule has 3 rings (SSSR count). The van der Waals surface area contributed by atoms with E-state index in [4.69, 9.17) is 14.2 Å². The molecule has 1 heterocycles. The van der Waals surface area contributed by atoms with Crippen LogP contribution >= 0.6 is 0 Å². The molecule has 0 saturated carbocycles. The molecule has 0 saturated heterocycles. The Balaban J connectivity index is 1.72. The average molecular weight is 367 g/mol. The number of rotatable bonds is 6. The third-order valence-corrected chi connectivity index (χ3v) is 4.41. The summed E-state index contributed by atoms with van der Waals surface area (Å²) < 4.78 is 16.4. The molecule has 2 aromatic carbocycles. The fraction of sp³-hybridized carbons (Fsp3) is 0.318. The number of carbonyl (C=O) groups is 1. The Morgan fingerprint density at radius 2 is 1.89 bits per heavy atom. The van der Waals surface area contributed by atoms with Crippen molar-refractivity contribution in [1.29, 1.82) is 0 Å². The van der Waals surface area contributed by atoms with Gasteiger partial charge < -0.3 is 19.5 Å². The largest absolute Gasteiger partial charge is 0.497 e. The van der Waals surface area contributed by atoms with Gasteiger partial charge in [0.15, 0.2) is 11.5 Å². The van der Waals surface area contributed by atoms with Gasteiger partial charge in [-0.2, -0.15) is 0 Å². The van der Waals surface area contributed by atoms with Gasteiger partial charge in [0.25, 0.3) is 0 Å². The molecule has 0 fully saturated rings. The van der Waals surface area contributed by atoms with Crippen LogP contribution in [0.3, 0.4) is 0 Å². The lowest BCUT2D eigenvalue weighted by Gasteiger charge is -2.25. The topological polar surface area (TPSA) is 56.8 Å². The van der Waals surface area contributed by atoms with Gasteiger partial charge in [-0.15, -0.1) is 0 Å². The van der Waals surface area contributed by atoms with E-state index in [9.17, 15) is 4.79 Å². The first-order valence-electron chi connectivity index (χ1n) is 9.09. The van der Waals surface area contributed by atoms with Crippen LogP contribution in [0.1, 0.15) is 31.0 Å². The van der Waals surface area contributed by atoms with Gasteiger partial charge in [-0.1, -0.05) is 32.0 Å². The predicted molar refractivity (Wildman–Crippen MR) is 105 cm³/mol. The number of amides is 1. The zero-order valence-corrected chi connectivity index (χ0v) is 15.9. The normalized spacial score (nSPS) is 14.2. The molecule has 0 aliphatic carbocycles. The van der Waals surface area contributed by atoms with Crippen LogP contribution < -0.4 is 19.5 Å². The van der Waals surface area contributed by atoms with Gasteiger partial charge in [-0.05, 0) is 47.4 Å². The van der Waals surface area contributed by atoms with Crippen LogP contribution in [0.15, 0.2) is 48.5 Å². The van der Waals surface area contributed by atoms with Crippen LogP contribution in [0, 0.1) is 5.92 Å². The van der Waals surface area contributed by atoms with Crippen molar-refractivity contribution in [3.05, 3.63) is 59.7 Å². The van der Waals surface area contributed by atoms with Crippen molar-refractivity contribution >= 4 is 12.0 Å². The number of hydrogen-bond acceptors (Lipinski definition) is 4. The summed E-state index contributed by atoms with van der Waals surface area (Å²) in [5, 5.41) is 3.09. The number of methoxy groups -OCH3 is 1. The molecule has 27 heavy (non-hydrogen) atoms. The van der Waals surface area contributed by atoms with Crippen molar-refractivity contribution < 1.29 is 19.0 Å². The van der Waals surface area contributed by atoms with E-state index in [0.29, 0.717) is 13.2 Å². The van der Waals surface area contributed by atoms with Crippen LogP contribution in [0.25, 0.3) is 6.08 Å². The number of benzene rings is 2. The van der Waals surface area contributed by atoms with Gasteiger partial charge in [-0.3, -0.25) is 4.79 Å². The standard InChI is InChI=1S/C22H25NO4/c1-15(2)22(17-8-9-19-20(14-17)27-12-11-26-19)23-21(24)10-7-16-5-4-6-18(13-16)25-3/h4-10,13-15,22H,11-12H2,1-3H3,(H,23,24)/b10-7+/t22-/m1/s1. The Kier molecular flexibility index (Phi) is 6.01. The molecule has 0 spiro atoms. The highest BCUT2D eigenvalue weighted by molar-refractivity contribution is 5.92. The van der Waals surface area contributed by atoms with Gasteiger partial charge in [-0.25, -0.2) is 0 Å². The van der Waals surface area contributed by atoms with Crippen molar-refractivity contribution in [2.24, 2.45) is 5.92 Å². The van der Waals surface area contributed by atoms with E-state index >= 15 is 0 Å². The summed E-state index contributed by atoms with van der Waals surface area (Å²) in [6.45, 7) is 5.26. The molecular formula is C22H25NO4. The van der Waals surface area contributed by atoms with Gasteiger partial charge in [0.05, 0.1) is 13.2 Å². The van der Waals surface area contributed by atoms with E-state index in [1.807, 2.05) is 42.5 Å². The molecule has 0 unspecified atom stereocenters. The Labute approximate surface area is 159 Å². The third kappa shape index (κ3) is 4.82. The Bertz CT molecular complexity index is 829. The minimum atomic E-state index is -0.147. The summed E-state index contributed by atoms with van der Waals surface area (Å²) in [5.41, 5.74) is 1.90. The highest BCUT2D eigenvalue weighted by Crippen LogP contribution is 2.34. The minimum Gasteiger partial charge on any atom is -0.497 e. The number of fused-ring (bicyclic) bond motifs is 1. The molecule has 1 aliphatic rings. The lowest BCUT2D eigenvalue weighted by atomic mass is 9.95. The van der Waals surface area contributed by atoms with E-state index in [1.54, 1.807) is 19.3 Å². The molecule has 1 N–H and O–H groups in total. The Morgan fingerprint density at radius 3 is 2.63 bits per heavy atom. The Morgan fingerprint density at radius 1 is 1.11 bits per heavy atom. The first-order chi connectivity index (χ1) is 13.1. The van der Waals surface area contributed by atoms with Crippen molar-refractivity contribution in [2.75, 3.05) is 20.3 Å². The van der Waals surface area contributed by atoms with E-state index in [2.05, 4.69) is 19.2 Å². The van der Waals surface area contributed by atoms with Gasteiger partial charge in [0, 0.05) is 6.08 Å². The molecular weight excluding hydrogens is 342 g/mol.